The molecule has 2 N–H and O–H groups in total. The fraction of sp³-hybridized carbons (Fsp3) is 0.800. The van der Waals surface area contributed by atoms with Gasteiger partial charge in [0.15, 0.2) is 0 Å². The number of carbonyl (C=O) groups excluding carboxylic acids is 1. The Morgan fingerprint density at radius 1 is 1.35 bits per heavy atom. The zero-order valence-corrected chi connectivity index (χ0v) is 10.2. The van der Waals surface area contributed by atoms with Gasteiger partial charge in [-0.2, -0.15) is 10.2 Å². The minimum Gasteiger partial charge on any atom is -0.481 e. The lowest BCUT2D eigenvalue weighted by molar-refractivity contribution is -0.137. The summed E-state index contributed by atoms with van der Waals surface area (Å²) in [5.41, 5.74) is -1.38. The van der Waals surface area contributed by atoms with Gasteiger partial charge in [-0.25, -0.2) is 4.79 Å². The predicted octanol–water partition coefficient (Wildman–Crippen LogP) is 1.54. The molecule has 0 aliphatic carbocycles. The Morgan fingerprint density at radius 2 is 1.94 bits per heavy atom. The molecule has 1 amide bonds. The fourth-order valence-corrected chi connectivity index (χ4v) is 1.25. The average Bonchev–Trinajstić information content (AvgIpc) is 2.80. The summed E-state index contributed by atoms with van der Waals surface area (Å²) in [7, 11) is 0. The van der Waals surface area contributed by atoms with Crippen LogP contribution in [0, 0.1) is 0 Å². The third-order valence-corrected chi connectivity index (χ3v) is 2.01. The van der Waals surface area contributed by atoms with Crippen LogP contribution in [0.15, 0.2) is 10.2 Å². The first-order chi connectivity index (χ1) is 7.72. The summed E-state index contributed by atoms with van der Waals surface area (Å²) in [5.74, 6) is -0.952. The summed E-state index contributed by atoms with van der Waals surface area (Å²) in [6, 6.07) is 0. The van der Waals surface area contributed by atoms with E-state index in [1.807, 2.05) is 0 Å². The summed E-state index contributed by atoms with van der Waals surface area (Å²) in [6.45, 7) is 5.59. The van der Waals surface area contributed by atoms with Crippen LogP contribution in [-0.4, -0.2) is 35.0 Å². The molecule has 1 aliphatic rings. The number of carboxylic acids is 1. The molecule has 7 heteroatoms. The second-order valence-corrected chi connectivity index (χ2v) is 4.93. The van der Waals surface area contributed by atoms with Crippen molar-refractivity contribution in [3.8, 4) is 0 Å². The van der Waals surface area contributed by atoms with Gasteiger partial charge >= 0.3 is 12.1 Å². The van der Waals surface area contributed by atoms with Crippen molar-refractivity contribution in [2.45, 2.75) is 44.9 Å². The molecule has 0 aromatic heterocycles. The fourth-order valence-electron chi connectivity index (χ4n) is 1.25. The average molecular weight is 243 g/mol. The normalized spacial score (nSPS) is 16.4. The first-order valence-electron chi connectivity index (χ1n) is 5.35. The van der Waals surface area contributed by atoms with E-state index in [1.54, 1.807) is 20.8 Å². The number of nitrogens with one attached hydrogen (secondary N) is 1. The van der Waals surface area contributed by atoms with Gasteiger partial charge in [-0.05, 0) is 20.8 Å². The number of nitrogens with zero attached hydrogens (tertiary/aromatic N) is 2. The molecule has 0 saturated heterocycles. The molecule has 1 heterocycles. The van der Waals surface area contributed by atoms with Gasteiger partial charge < -0.3 is 15.2 Å². The van der Waals surface area contributed by atoms with E-state index >= 15 is 0 Å². The van der Waals surface area contributed by atoms with Crippen molar-refractivity contribution in [2.75, 3.05) is 6.54 Å². The van der Waals surface area contributed by atoms with E-state index in [0.717, 1.165) is 0 Å². The van der Waals surface area contributed by atoms with Gasteiger partial charge in [0.25, 0.3) is 0 Å². The van der Waals surface area contributed by atoms with Crippen LogP contribution < -0.4 is 5.32 Å². The molecule has 0 saturated carbocycles. The Balaban J connectivity index is 2.20. The molecule has 7 nitrogen and oxygen atoms in total. The molecular formula is C10H17N3O4. The van der Waals surface area contributed by atoms with Crippen LogP contribution in [0.1, 0.15) is 33.6 Å². The Bertz CT molecular complexity index is 340. The van der Waals surface area contributed by atoms with Crippen LogP contribution in [0.25, 0.3) is 0 Å². The first kappa shape index (κ1) is 13.4. The van der Waals surface area contributed by atoms with Crippen LogP contribution in [0.5, 0.6) is 0 Å². The maximum Gasteiger partial charge on any atom is 0.407 e. The number of amides is 1. The van der Waals surface area contributed by atoms with E-state index in [-0.39, 0.29) is 13.0 Å². The second kappa shape index (κ2) is 4.68. The van der Waals surface area contributed by atoms with E-state index in [4.69, 9.17) is 9.84 Å². The van der Waals surface area contributed by atoms with Gasteiger partial charge in [0, 0.05) is 13.0 Å². The number of carbonyl (C=O) groups is 2. The number of carboxylic acid groups (broad SMARTS) is 1. The van der Waals surface area contributed by atoms with Crippen molar-refractivity contribution < 1.29 is 19.4 Å². The number of alkyl carbamates (subject to hydrolysis) is 1. The van der Waals surface area contributed by atoms with Gasteiger partial charge in [0.05, 0.1) is 6.42 Å². The van der Waals surface area contributed by atoms with Crippen molar-refractivity contribution in [2.24, 2.45) is 10.2 Å². The van der Waals surface area contributed by atoms with Crippen molar-refractivity contribution in [3.05, 3.63) is 0 Å². The van der Waals surface area contributed by atoms with E-state index in [0.29, 0.717) is 6.42 Å². The van der Waals surface area contributed by atoms with Crippen LogP contribution >= 0.6 is 0 Å². The number of aliphatic carboxylic acids is 1. The topological polar surface area (TPSA) is 100 Å². The van der Waals surface area contributed by atoms with E-state index in [1.165, 1.54) is 0 Å². The largest absolute Gasteiger partial charge is 0.481 e. The summed E-state index contributed by atoms with van der Waals surface area (Å²) < 4.78 is 5.03. The third kappa shape index (κ3) is 5.28. The molecule has 96 valence electrons. The van der Waals surface area contributed by atoms with Gasteiger partial charge in [0.1, 0.15) is 5.60 Å². The molecule has 0 fully saturated rings. The summed E-state index contributed by atoms with van der Waals surface area (Å²) >= 11 is 0. The molecule has 0 unspecified atom stereocenters. The first-order valence-corrected chi connectivity index (χ1v) is 5.35. The highest BCUT2D eigenvalue weighted by Crippen LogP contribution is 2.34. The van der Waals surface area contributed by atoms with Crippen LogP contribution in [0.3, 0.4) is 0 Å². The summed E-state index contributed by atoms with van der Waals surface area (Å²) in [5, 5.41) is 18.5. The maximum absolute atomic E-state index is 11.3. The molecule has 17 heavy (non-hydrogen) atoms. The smallest absolute Gasteiger partial charge is 0.407 e. The van der Waals surface area contributed by atoms with E-state index in [2.05, 4.69) is 15.5 Å². The van der Waals surface area contributed by atoms with E-state index in [9.17, 15) is 9.59 Å². The number of ether oxygens (including phenoxy) is 1. The number of rotatable bonds is 5. The zero-order chi connectivity index (χ0) is 13.1. The molecule has 0 bridgehead atoms. The molecule has 0 spiro atoms. The molecular weight excluding hydrogens is 226 g/mol. The minimum absolute atomic E-state index is 0.136. The Kier molecular flexibility index (Phi) is 3.69. The maximum atomic E-state index is 11.3. The van der Waals surface area contributed by atoms with Crippen LogP contribution in [0.2, 0.25) is 0 Å². The lowest BCUT2D eigenvalue weighted by Crippen LogP contribution is -2.34. The predicted molar refractivity (Wildman–Crippen MR) is 58.7 cm³/mol. The Morgan fingerprint density at radius 3 is 2.35 bits per heavy atom. The summed E-state index contributed by atoms with van der Waals surface area (Å²) in [6.07, 6.45) is -0.287. The lowest BCUT2D eigenvalue weighted by atomic mass is 10.1. The zero-order valence-electron chi connectivity index (χ0n) is 10.2. The lowest BCUT2D eigenvalue weighted by Gasteiger charge is -2.19. The molecule has 0 aromatic carbocycles. The number of hydrogen-bond donors (Lipinski definition) is 2. The van der Waals surface area contributed by atoms with Crippen LogP contribution in [0.4, 0.5) is 4.79 Å². The Hall–Kier alpha value is -1.66. The van der Waals surface area contributed by atoms with Crippen molar-refractivity contribution in [3.63, 3.8) is 0 Å². The van der Waals surface area contributed by atoms with Crippen molar-refractivity contribution in [1.82, 2.24) is 5.32 Å². The van der Waals surface area contributed by atoms with Gasteiger partial charge in [-0.15, -0.1) is 0 Å². The van der Waals surface area contributed by atoms with Crippen molar-refractivity contribution >= 4 is 12.1 Å². The third-order valence-electron chi connectivity index (χ3n) is 2.01. The van der Waals surface area contributed by atoms with Gasteiger partial charge in [0.2, 0.25) is 5.66 Å². The molecule has 0 aromatic rings. The highest BCUT2D eigenvalue weighted by Gasteiger charge is 2.42. The van der Waals surface area contributed by atoms with Gasteiger partial charge in [-0.3, -0.25) is 4.79 Å². The van der Waals surface area contributed by atoms with Crippen molar-refractivity contribution in [1.29, 1.82) is 0 Å². The summed E-state index contributed by atoms with van der Waals surface area (Å²) in [4.78, 5) is 21.8. The monoisotopic (exact) mass is 243 g/mol. The standard InChI is InChI=1S/C10H17N3O4/c1-9(2,3)17-8(16)11-5-4-10(12-13-10)6-7(14)15/h4-6H2,1-3H3,(H,11,16)(H,14,15). The second-order valence-electron chi connectivity index (χ2n) is 4.93. The molecule has 0 radical (unpaired) electrons. The van der Waals surface area contributed by atoms with E-state index < -0.39 is 23.3 Å². The highest BCUT2D eigenvalue weighted by atomic mass is 16.6. The van der Waals surface area contributed by atoms with Crippen LogP contribution in [-0.2, 0) is 9.53 Å². The molecule has 1 rings (SSSR count). The Labute approximate surface area is 99.2 Å². The number of hydrogen-bond acceptors (Lipinski definition) is 5. The highest BCUT2D eigenvalue weighted by molar-refractivity contribution is 5.69. The molecule has 1 aliphatic heterocycles. The molecule has 0 atom stereocenters. The quantitative estimate of drug-likeness (QED) is 0.764. The minimum atomic E-state index is -0.952. The van der Waals surface area contributed by atoms with Gasteiger partial charge in [-0.1, -0.05) is 0 Å². The SMILES string of the molecule is CC(C)(C)OC(=O)NCCC1(CC(=O)O)N=N1.